The quantitative estimate of drug-likeness (QED) is 0.788. The summed E-state index contributed by atoms with van der Waals surface area (Å²) in [6, 6.07) is 4.04. The van der Waals surface area contributed by atoms with Crippen molar-refractivity contribution in [3.8, 4) is 0 Å². The van der Waals surface area contributed by atoms with Crippen LogP contribution in [0.15, 0.2) is 32.3 Å². The highest BCUT2D eigenvalue weighted by Crippen LogP contribution is 2.37. The van der Waals surface area contributed by atoms with Gasteiger partial charge < -0.3 is 9.15 Å². The second kappa shape index (κ2) is 7.09. The number of nitrogens with one attached hydrogen (secondary N) is 2. The third-order valence-corrected chi connectivity index (χ3v) is 6.42. The van der Waals surface area contributed by atoms with Gasteiger partial charge in [-0.05, 0) is 37.8 Å². The molecule has 0 amide bonds. The molecule has 0 radical (unpaired) electrons. The number of fused-ring (bicyclic) bond motifs is 1. The van der Waals surface area contributed by atoms with Gasteiger partial charge in [-0.2, -0.15) is 0 Å². The molecule has 2 aromatic rings. The van der Waals surface area contributed by atoms with Crippen molar-refractivity contribution in [2.45, 2.75) is 42.6 Å². The largest absolute Gasteiger partial charge is 0.417 e. The third-order valence-electron chi connectivity index (χ3n) is 5.02. The van der Waals surface area contributed by atoms with E-state index in [9.17, 15) is 22.0 Å². The van der Waals surface area contributed by atoms with Crippen molar-refractivity contribution in [3.05, 3.63) is 28.7 Å². The fraction of sp³-hybridized carbons (Fsp3) is 0.562. The molecule has 1 aromatic heterocycles. The van der Waals surface area contributed by atoms with Gasteiger partial charge in [-0.3, -0.25) is 4.98 Å². The molecule has 0 spiro atoms. The summed E-state index contributed by atoms with van der Waals surface area (Å²) < 4.78 is 63.5. The van der Waals surface area contributed by atoms with E-state index in [0.717, 1.165) is 0 Å². The molecule has 1 aliphatic rings. The van der Waals surface area contributed by atoms with Crippen molar-refractivity contribution < 1.29 is 26.4 Å². The topological polar surface area (TPSA) is 101 Å². The van der Waals surface area contributed by atoms with Crippen LogP contribution >= 0.6 is 0 Å². The van der Waals surface area contributed by atoms with E-state index in [2.05, 4.69) is 9.71 Å². The summed E-state index contributed by atoms with van der Waals surface area (Å²) >= 11 is 0. The van der Waals surface area contributed by atoms with Gasteiger partial charge in [0.25, 0.3) is 0 Å². The Kier molecular flexibility index (Phi) is 5.18. The summed E-state index contributed by atoms with van der Waals surface area (Å²) in [5, 5.41) is 0. The van der Waals surface area contributed by atoms with Gasteiger partial charge in [0.05, 0.1) is 16.0 Å². The molecule has 1 saturated carbocycles. The Labute approximate surface area is 148 Å². The van der Waals surface area contributed by atoms with Crippen LogP contribution < -0.4 is 10.5 Å². The zero-order valence-corrected chi connectivity index (χ0v) is 14.9. The number of aromatic nitrogens is 1. The average Bonchev–Trinajstić information content (AvgIpc) is 2.99. The molecule has 0 unspecified atom stereocenters. The number of rotatable bonds is 6. The lowest BCUT2D eigenvalue weighted by Crippen LogP contribution is -2.47. The monoisotopic (exact) mass is 390 g/mol. The van der Waals surface area contributed by atoms with E-state index in [1.165, 1.54) is 25.3 Å². The van der Waals surface area contributed by atoms with Gasteiger partial charge in [0.15, 0.2) is 5.58 Å². The first-order valence-electron chi connectivity index (χ1n) is 8.20. The van der Waals surface area contributed by atoms with Crippen molar-refractivity contribution in [1.29, 1.82) is 0 Å². The molecule has 26 heavy (non-hydrogen) atoms. The van der Waals surface area contributed by atoms with Crippen LogP contribution in [0.5, 0.6) is 0 Å². The maximum Gasteiger partial charge on any atom is 0.417 e. The van der Waals surface area contributed by atoms with Gasteiger partial charge in [0.2, 0.25) is 16.4 Å². The molecule has 0 saturated heterocycles. The van der Waals surface area contributed by atoms with Gasteiger partial charge in [0, 0.05) is 25.6 Å². The van der Waals surface area contributed by atoms with E-state index >= 15 is 0 Å². The lowest BCUT2D eigenvalue weighted by Gasteiger charge is -2.38. The first-order chi connectivity index (χ1) is 12.2. The Bertz CT molecular complexity index is 930. The minimum atomic E-state index is -3.87. The molecule has 2 N–H and O–H groups in total. The lowest BCUT2D eigenvalue weighted by molar-refractivity contribution is -0.0638. The molecule has 0 bridgehead atoms. The van der Waals surface area contributed by atoms with Crippen LogP contribution in [0.25, 0.3) is 11.1 Å². The SMILES string of the molecule is COC1(CNS(=O)(=O)c2ccc3[nH]c(=O)oc3c2)CCC(C(F)F)CC1. The molecular formula is C16H20F2N2O5S. The van der Waals surface area contributed by atoms with Crippen molar-refractivity contribution >= 4 is 21.1 Å². The number of methoxy groups -OCH3 is 1. The summed E-state index contributed by atoms with van der Waals surface area (Å²) in [6.45, 7) is -0.0170. The third kappa shape index (κ3) is 3.81. The number of hydrogen-bond donors (Lipinski definition) is 2. The van der Waals surface area contributed by atoms with Crippen molar-refractivity contribution in [1.82, 2.24) is 9.71 Å². The van der Waals surface area contributed by atoms with Gasteiger partial charge in [-0.1, -0.05) is 0 Å². The van der Waals surface area contributed by atoms with E-state index in [1.807, 2.05) is 0 Å². The Hall–Kier alpha value is -1.78. The Morgan fingerprint density at radius 2 is 2.08 bits per heavy atom. The normalized spacial score (nSPS) is 24.4. The van der Waals surface area contributed by atoms with Crippen LogP contribution in [-0.2, 0) is 14.8 Å². The van der Waals surface area contributed by atoms with Crippen LogP contribution in [0.3, 0.4) is 0 Å². The van der Waals surface area contributed by atoms with E-state index in [4.69, 9.17) is 9.15 Å². The molecular weight excluding hydrogens is 370 g/mol. The predicted molar refractivity (Wildman–Crippen MR) is 89.7 cm³/mol. The second-order valence-corrected chi connectivity index (χ2v) is 8.32. The molecule has 0 aliphatic heterocycles. The first-order valence-corrected chi connectivity index (χ1v) is 9.69. The molecule has 1 heterocycles. The molecule has 7 nitrogen and oxygen atoms in total. The van der Waals surface area contributed by atoms with Crippen molar-refractivity contribution in [3.63, 3.8) is 0 Å². The maximum atomic E-state index is 12.8. The minimum absolute atomic E-state index is 0.0170. The van der Waals surface area contributed by atoms with Crippen LogP contribution in [0, 0.1) is 5.92 Å². The Morgan fingerprint density at radius 1 is 1.38 bits per heavy atom. The highest BCUT2D eigenvalue weighted by Gasteiger charge is 2.39. The molecule has 3 rings (SSSR count). The van der Waals surface area contributed by atoms with Crippen LogP contribution in [0.2, 0.25) is 0 Å². The summed E-state index contributed by atoms with van der Waals surface area (Å²) in [6.07, 6.45) is -1.09. The number of benzene rings is 1. The summed E-state index contributed by atoms with van der Waals surface area (Å²) in [5.74, 6) is -1.34. The van der Waals surface area contributed by atoms with E-state index in [0.29, 0.717) is 18.4 Å². The number of alkyl halides is 2. The molecule has 10 heteroatoms. The van der Waals surface area contributed by atoms with Crippen LogP contribution in [-0.4, -0.2) is 39.1 Å². The Balaban J connectivity index is 1.73. The molecule has 144 valence electrons. The van der Waals surface area contributed by atoms with E-state index in [1.54, 1.807) is 0 Å². The predicted octanol–water partition coefficient (Wildman–Crippen LogP) is 2.24. The molecule has 1 fully saturated rings. The number of sulfonamides is 1. The number of aromatic amines is 1. The second-order valence-electron chi connectivity index (χ2n) is 6.56. The highest BCUT2D eigenvalue weighted by atomic mass is 32.2. The number of hydrogen-bond acceptors (Lipinski definition) is 5. The fourth-order valence-corrected chi connectivity index (χ4v) is 4.40. The van der Waals surface area contributed by atoms with Crippen LogP contribution in [0.1, 0.15) is 25.7 Å². The van der Waals surface area contributed by atoms with E-state index in [-0.39, 0.29) is 29.9 Å². The van der Waals surface area contributed by atoms with Gasteiger partial charge >= 0.3 is 5.76 Å². The number of H-pyrrole nitrogens is 1. The molecule has 1 aliphatic carbocycles. The summed E-state index contributed by atoms with van der Waals surface area (Å²) in [4.78, 5) is 13.6. The van der Waals surface area contributed by atoms with Gasteiger partial charge in [-0.25, -0.2) is 26.7 Å². The van der Waals surface area contributed by atoms with Crippen molar-refractivity contribution in [2.75, 3.05) is 13.7 Å². The molecule has 1 aromatic carbocycles. The van der Waals surface area contributed by atoms with Crippen molar-refractivity contribution in [2.24, 2.45) is 5.92 Å². The Morgan fingerprint density at radius 3 is 2.69 bits per heavy atom. The number of oxazole rings is 1. The first kappa shape index (κ1) is 19.0. The van der Waals surface area contributed by atoms with Gasteiger partial charge in [0.1, 0.15) is 0 Å². The number of ether oxygens (including phenoxy) is 1. The molecule has 0 atom stereocenters. The van der Waals surface area contributed by atoms with E-state index < -0.39 is 33.7 Å². The smallest absolute Gasteiger partial charge is 0.408 e. The lowest BCUT2D eigenvalue weighted by atomic mass is 9.79. The summed E-state index contributed by atoms with van der Waals surface area (Å²) in [5.41, 5.74) is -0.271. The maximum absolute atomic E-state index is 12.8. The standard InChI is InChI=1S/C16H20F2N2O5S/c1-24-16(6-4-10(5-7-16)14(17)18)9-19-26(22,23)11-2-3-12-13(8-11)25-15(21)20-12/h2-3,8,10,14,19H,4-7,9H2,1H3,(H,20,21). The fourth-order valence-electron chi connectivity index (χ4n) is 3.27. The zero-order chi connectivity index (χ0) is 18.9. The summed E-state index contributed by atoms with van der Waals surface area (Å²) in [7, 11) is -2.42. The highest BCUT2D eigenvalue weighted by molar-refractivity contribution is 7.89. The minimum Gasteiger partial charge on any atom is -0.408 e. The average molecular weight is 390 g/mol. The van der Waals surface area contributed by atoms with Crippen LogP contribution in [0.4, 0.5) is 8.78 Å². The van der Waals surface area contributed by atoms with Gasteiger partial charge in [-0.15, -0.1) is 0 Å². The zero-order valence-electron chi connectivity index (χ0n) is 14.1. The number of halogens is 2.